The van der Waals surface area contributed by atoms with Gasteiger partial charge in [-0.15, -0.1) is 0 Å². The first-order chi connectivity index (χ1) is 6.20. The average Bonchev–Trinajstić information content (AvgIpc) is 2.38. The van der Waals surface area contributed by atoms with Gasteiger partial charge < -0.3 is 5.11 Å². The number of rotatable bonds is 4. The second kappa shape index (κ2) is 5.17. The molecule has 1 aromatic rings. The molecule has 0 fully saturated rings. The van der Waals surface area contributed by atoms with Gasteiger partial charge in [0.1, 0.15) is 5.82 Å². The molecule has 0 aliphatic rings. The summed E-state index contributed by atoms with van der Waals surface area (Å²) in [5.41, 5.74) is 0.688. The fourth-order valence-electron chi connectivity index (χ4n) is 1.07. The van der Waals surface area contributed by atoms with Crippen LogP contribution in [-0.2, 0) is 13.0 Å². The van der Waals surface area contributed by atoms with E-state index in [0.29, 0.717) is 10.8 Å². The number of aliphatic hydroxyl groups excluding tert-OH is 1. The van der Waals surface area contributed by atoms with Crippen LogP contribution in [0.4, 0.5) is 0 Å². The molecule has 1 heterocycles. The number of aryl methyl sites for hydroxylation is 1. The fraction of sp³-hybridized carbons (Fsp3) is 0.625. The van der Waals surface area contributed by atoms with Gasteiger partial charge in [-0.25, -0.2) is 4.98 Å². The Labute approximate surface area is 96.6 Å². The van der Waals surface area contributed by atoms with E-state index < -0.39 is 0 Å². The minimum Gasteiger partial charge on any atom is -0.390 e. The molecule has 0 bridgehead atoms. The SMILES string of the molecule is CCCCc1nc(Cl)c(CO)n1I. The van der Waals surface area contributed by atoms with Crippen molar-refractivity contribution in [1.82, 2.24) is 7.76 Å². The van der Waals surface area contributed by atoms with Crippen molar-refractivity contribution in [3.05, 3.63) is 16.7 Å². The summed E-state index contributed by atoms with van der Waals surface area (Å²) in [6.07, 6.45) is 3.15. The lowest BCUT2D eigenvalue weighted by molar-refractivity contribution is 0.277. The lowest BCUT2D eigenvalue weighted by Crippen LogP contribution is -1.96. The number of halogens is 2. The molecule has 0 aliphatic carbocycles. The summed E-state index contributed by atoms with van der Waals surface area (Å²) in [4.78, 5) is 4.18. The number of hydrogen-bond acceptors (Lipinski definition) is 2. The molecule has 0 radical (unpaired) electrons. The van der Waals surface area contributed by atoms with Crippen molar-refractivity contribution in [2.45, 2.75) is 32.8 Å². The number of hydrogen-bond donors (Lipinski definition) is 1. The maximum atomic E-state index is 8.99. The van der Waals surface area contributed by atoms with Crippen molar-refractivity contribution in [2.75, 3.05) is 0 Å². The van der Waals surface area contributed by atoms with E-state index in [0.717, 1.165) is 25.1 Å². The molecule has 3 nitrogen and oxygen atoms in total. The maximum Gasteiger partial charge on any atom is 0.153 e. The van der Waals surface area contributed by atoms with E-state index in [2.05, 4.69) is 34.8 Å². The Morgan fingerprint density at radius 3 is 2.77 bits per heavy atom. The molecule has 0 amide bonds. The predicted octanol–water partition coefficient (Wildman–Crippen LogP) is 2.57. The van der Waals surface area contributed by atoms with Crippen molar-refractivity contribution in [3.8, 4) is 0 Å². The number of aliphatic hydroxyl groups is 1. The van der Waals surface area contributed by atoms with E-state index in [-0.39, 0.29) is 6.61 Å². The predicted molar refractivity (Wildman–Crippen MR) is 61.2 cm³/mol. The van der Waals surface area contributed by atoms with Crippen LogP contribution in [0.15, 0.2) is 0 Å². The molecule has 0 atom stereocenters. The summed E-state index contributed by atoms with van der Waals surface area (Å²) >= 11 is 7.94. The normalized spacial score (nSPS) is 10.8. The lowest BCUT2D eigenvalue weighted by Gasteiger charge is -1.99. The Kier molecular flexibility index (Phi) is 4.48. The molecular weight excluding hydrogens is 302 g/mol. The minimum atomic E-state index is -0.0547. The minimum absolute atomic E-state index is 0.0547. The molecule has 0 saturated carbocycles. The Balaban J connectivity index is 2.83. The monoisotopic (exact) mass is 314 g/mol. The molecule has 13 heavy (non-hydrogen) atoms. The quantitative estimate of drug-likeness (QED) is 0.868. The molecule has 1 aromatic heterocycles. The Morgan fingerprint density at radius 1 is 1.62 bits per heavy atom. The summed E-state index contributed by atoms with van der Waals surface area (Å²) in [6.45, 7) is 2.08. The van der Waals surface area contributed by atoms with Crippen molar-refractivity contribution < 1.29 is 5.11 Å². The highest BCUT2D eigenvalue weighted by molar-refractivity contribution is 14.1. The molecule has 74 valence electrons. The first kappa shape index (κ1) is 11.3. The summed E-state index contributed by atoms with van der Waals surface area (Å²) in [5.74, 6) is 0.941. The van der Waals surface area contributed by atoms with Crippen molar-refractivity contribution >= 4 is 34.5 Å². The van der Waals surface area contributed by atoms with Crippen molar-refractivity contribution in [2.24, 2.45) is 0 Å². The average molecular weight is 315 g/mol. The van der Waals surface area contributed by atoms with Gasteiger partial charge in [0.05, 0.1) is 35.2 Å². The Hall–Kier alpha value is 0.190. The van der Waals surface area contributed by atoms with Gasteiger partial charge in [0, 0.05) is 6.42 Å². The van der Waals surface area contributed by atoms with Crippen LogP contribution in [0.25, 0.3) is 0 Å². The van der Waals surface area contributed by atoms with Gasteiger partial charge in [0.15, 0.2) is 5.15 Å². The third kappa shape index (κ3) is 2.57. The number of imidazole rings is 1. The Bertz CT molecular complexity index is 288. The highest BCUT2D eigenvalue weighted by Crippen LogP contribution is 2.21. The molecule has 0 aliphatic heterocycles. The first-order valence-electron chi connectivity index (χ1n) is 4.23. The third-order valence-electron chi connectivity index (χ3n) is 1.83. The zero-order chi connectivity index (χ0) is 9.84. The second-order valence-electron chi connectivity index (χ2n) is 2.81. The maximum absolute atomic E-state index is 8.99. The van der Waals surface area contributed by atoms with E-state index in [4.69, 9.17) is 16.7 Å². The molecule has 1 rings (SSSR count). The summed E-state index contributed by atoms with van der Waals surface area (Å²) in [5, 5.41) is 9.41. The van der Waals surface area contributed by atoms with Crippen LogP contribution in [0.5, 0.6) is 0 Å². The standard InChI is InChI=1S/C8H12ClIN2O/c1-2-3-4-7-11-8(9)6(5-13)12(7)10/h13H,2-5H2,1H3. The first-order valence-corrected chi connectivity index (χ1v) is 5.58. The number of unbranched alkanes of at least 4 members (excludes halogenated alkanes) is 1. The van der Waals surface area contributed by atoms with Gasteiger partial charge in [-0.05, 0) is 6.42 Å². The highest BCUT2D eigenvalue weighted by atomic mass is 127. The smallest absolute Gasteiger partial charge is 0.153 e. The number of nitrogens with zero attached hydrogens (tertiary/aromatic N) is 2. The van der Waals surface area contributed by atoms with Gasteiger partial charge in [-0.1, -0.05) is 24.9 Å². The van der Waals surface area contributed by atoms with Gasteiger partial charge in [-0.3, -0.25) is 2.78 Å². The Morgan fingerprint density at radius 2 is 2.31 bits per heavy atom. The van der Waals surface area contributed by atoms with E-state index in [1.54, 1.807) is 0 Å². The zero-order valence-electron chi connectivity index (χ0n) is 7.43. The molecule has 0 aromatic carbocycles. The van der Waals surface area contributed by atoms with Crippen LogP contribution in [0.1, 0.15) is 31.3 Å². The molecule has 0 unspecified atom stereocenters. The van der Waals surface area contributed by atoms with Crippen LogP contribution in [-0.4, -0.2) is 12.9 Å². The summed E-state index contributed by atoms with van der Waals surface area (Å²) < 4.78 is 1.84. The highest BCUT2D eigenvalue weighted by Gasteiger charge is 2.12. The number of aromatic nitrogens is 2. The van der Waals surface area contributed by atoms with Crippen molar-refractivity contribution in [1.29, 1.82) is 0 Å². The molecule has 0 spiro atoms. The van der Waals surface area contributed by atoms with Crippen LogP contribution in [0, 0.1) is 0 Å². The molecular formula is C8H12ClIN2O. The lowest BCUT2D eigenvalue weighted by atomic mass is 10.2. The zero-order valence-corrected chi connectivity index (χ0v) is 10.3. The van der Waals surface area contributed by atoms with Gasteiger partial charge >= 0.3 is 0 Å². The van der Waals surface area contributed by atoms with Crippen LogP contribution < -0.4 is 0 Å². The van der Waals surface area contributed by atoms with E-state index in [1.165, 1.54) is 0 Å². The topological polar surface area (TPSA) is 38.1 Å². The van der Waals surface area contributed by atoms with Gasteiger partial charge in [-0.2, -0.15) is 0 Å². The van der Waals surface area contributed by atoms with Crippen LogP contribution >= 0.6 is 34.5 Å². The molecule has 5 heteroatoms. The van der Waals surface area contributed by atoms with E-state index in [1.807, 2.05) is 2.78 Å². The van der Waals surface area contributed by atoms with E-state index >= 15 is 0 Å². The second-order valence-corrected chi connectivity index (χ2v) is 4.13. The largest absolute Gasteiger partial charge is 0.390 e. The fourth-order valence-corrected chi connectivity index (χ4v) is 2.19. The van der Waals surface area contributed by atoms with Crippen LogP contribution in [0.2, 0.25) is 5.15 Å². The molecule has 1 N–H and O–H groups in total. The van der Waals surface area contributed by atoms with Crippen molar-refractivity contribution in [3.63, 3.8) is 0 Å². The van der Waals surface area contributed by atoms with Gasteiger partial charge in [0.25, 0.3) is 0 Å². The molecule has 0 saturated heterocycles. The third-order valence-corrected chi connectivity index (χ3v) is 3.27. The van der Waals surface area contributed by atoms with Gasteiger partial charge in [0.2, 0.25) is 0 Å². The summed E-state index contributed by atoms with van der Waals surface area (Å²) in [7, 11) is 0. The summed E-state index contributed by atoms with van der Waals surface area (Å²) in [6, 6.07) is 0. The van der Waals surface area contributed by atoms with Crippen LogP contribution in [0.3, 0.4) is 0 Å². The van der Waals surface area contributed by atoms with E-state index in [9.17, 15) is 0 Å².